The zero-order valence-electron chi connectivity index (χ0n) is 11.4. The van der Waals surface area contributed by atoms with Crippen LogP contribution < -0.4 is 5.32 Å². The van der Waals surface area contributed by atoms with Crippen molar-refractivity contribution < 1.29 is 8.42 Å². The van der Waals surface area contributed by atoms with Crippen LogP contribution in [0.4, 0.5) is 0 Å². The Hall–Kier alpha value is 0.150. The summed E-state index contributed by atoms with van der Waals surface area (Å²) in [5, 5.41) is 3.38. The monoisotopic (exact) mass is 356 g/mol. The first-order chi connectivity index (χ1) is 9.40. The molecule has 1 N–H and O–H groups in total. The van der Waals surface area contributed by atoms with Crippen molar-refractivity contribution in [2.24, 2.45) is 0 Å². The predicted molar refractivity (Wildman–Crippen MR) is 84.4 cm³/mol. The molecule has 20 heavy (non-hydrogen) atoms. The normalized spacial score (nSPS) is 25.0. The third-order valence-electron chi connectivity index (χ3n) is 3.63. The molecule has 2 heterocycles. The van der Waals surface area contributed by atoms with Gasteiger partial charge < -0.3 is 5.32 Å². The number of nitrogens with zero attached hydrogens (tertiary/aromatic N) is 1. The Balaban J connectivity index is 2.37. The lowest BCUT2D eigenvalue weighted by molar-refractivity contribution is 0.215. The lowest BCUT2D eigenvalue weighted by Gasteiger charge is -2.38. The molecule has 1 aliphatic rings. The highest BCUT2D eigenvalue weighted by Crippen LogP contribution is 2.36. The molecule has 1 saturated heterocycles. The van der Waals surface area contributed by atoms with Crippen LogP contribution >= 0.6 is 34.5 Å². The average Bonchev–Trinajstić information content (AvgIpc) is 2.77. The summed E-state index contributed by atoms with van der Waals surface area (Å²) in [6.45, 7) is 5.18. The number of nitrogens with one attached hydrogen (secondary N) is 1. The van der Waals surface area contributed by atoms with Gasteiger partial charge in [-0.25, -0.2) is 8.42 Å². The topological polar surface area (TPSA) is 49.4 Å². The Morgan fingerprint density at radius 2 is 2.10 bits per heavy atom. The van der Waals surface area contributed by atoms with E-state index in [1.807, 2.05) is 13.8 Å². The van der Waals surface area contributed by atoms with Crippen LogP contribution in [0.1, 0.15) is 26.7 Å². The number of hydrogen-bond donors (Lipinski definition) is 1. The molecule has 1 aromatic heterocycles. The summed E-state index contributed by atoms with van der Waals surface area (Å²) in [5.74, 6) is 0. The van der Waals surface area contributed by atoms with Crippen molar-refractivity contribution in [1.29, 1.82) is 0 Å². The molecule has 0 saturated carbocycles. The fraction of sp³-hybridized carbons (Fsp3) is 0.667. The lowest BCUT2D eigenvalue weighted by Crippen LogP contribution is -2.57. The van der Waals surface area contributed by atoms with Gasteiger partial charge >= 0.3 is 0 Å². The molecular weight excluding hydrogens is 339 g/mol. The third kappa shape index (κ3) is 3.15. The van der Waals surface area contributed by atoms with Crippen molar-refractivity contribution in [2.45, 2.75) is 43.7 Å². The molecule has 0 bridgehead atoms. The number of rotatable bonds is 4. The molecule has 2 rings (SSSR count). The molecule has 1 aliphatic heterocycles. The third-order valence-corrected chi connectivity index (χ3v) is 7.30. The lowest BCUT2D eigenvalue weighted by atomic mass is 10.1. The van der Waals surface area contributed by atoms with Crippen LogP contribution in [-0.2, 0) is 10.0 Å². The Labute approximate surface area is 134 Å². The largest absolute Gasteiger partial charge is 0.311 e. The van der Waals surface area contributed by atoms with Gasteiger partial charge in [0.25, 0.3) is 0 Å². The smallest absolute Gasteiger partial charge is 0.245 e. The summed E-state index contributed by atoms with van der Waals surface area (Å²) in [7, 11) is -3.59. The van der Waals surface area contributed by atoms with Crippen molar-refractivity contribution in [1.82, 2.24) is 9.62 Å². The van der Waals surface area contributed by atoms with E-state index in [0.29, 0.717) is 17.4 Å². The minimum atomic E-state index is -3.59. The second-order valence-electron chi connectivity index (χ2n) is 4.84. The second kappa shape index (κ2) is 6.50. The maximum absolute atomic E-state index is 12.8. The number of sulfonamides is 1. The molecule has 8 heteroatoms. The van der Waals surface area contributed by atoms with Crippen LogP contribution in [0.2, 0.25) is 8.67 Å². The van der Waals surface area contributed by atoms with Crippen LogP contribution in [-0.4, -0.2) is 37.9 Å². The molecule has 0 spiro atoms. The zero-order valence-corrected chi connectivity index (χ0v) is 14.5. The van der Waals surface area contributed by atoms with Crippen LogP contribution in [0.25, 0.3) is 0 Å². The Morgan fingerprint density at radius 3 is 2.60 bits per heavy atom. The maximum Gasteiger partial charge on any atom is 0.245 e. The molecule has 1 fully saturated rings. The standard InChI is InChI=1S/C12H18Cl2N2O2S2/c1-3-8-7-16(9(4-2)6-15-8)20(17,18)10-5-11(13)19-12(10)14/h5,8-9,15H,3-4,6-7H2,1-2H3. The molecule has 2 atom stereocenters. The van der Waals surface area contributed by atoms with Gasteiger partial charge in [0.1, 0.15) is 9.23 Å². The number of thiophene rings is 1. The van der Waals surface area contributed by atoms with Crippen molar-refractivity contribution in [3.63, 3.8) is 0 Å². The highest BCUT2D eigenvalue weighted by Gasteiger charge is 2.37. The molecule has 1 aromatic rings. The van der Waals surface area contributed by atoms with E-state index in [2.05, 4.69) is 5.32 Å². The molecule has 0 amide bonds. The molecule has 0 radical (unpaired) electrons. The van der Waals surface area contributed by atoms with E-state index in [1.54, 1.807) is 4.31 Å². The predicted octanol–water partition coefficient (Wildman–Crippen LogP) is 3.21. The number of piperazine rings is 1. The van der Waals surface area contributed by atoms with E-state index in [4.69, 9.17) is 23.2 Å². The summed E-state index contributed by atoms with van der Waals surface area (Å²) in [6, 6.07) is 1.58. The van der Waals surface area contributed by atoms with E-state index in [0.717, 1.165) is 24.2 Å². The van der Waals surface area contributed by atoms with E-state index in [1.165, 1.54) is 6.07 Å². The Bertz CT molecular complexity index is 574. The molecule has 0 aromatic carbocycles. The van der Waals surface area contributed by atoms with Gasteiger partial charge in [-0.15, -0.1) is 11.3 Å². The molecule has 114 valence electrons. The van der Waals surface area contributed by atoms with E-state index in [-0.39, 0.29) is 21.3 Å². The van der Waals surface area contributed by atoms with Gasteiger partial charge in [-0.1, -0.05) is 37.0 Å². The van der Waals surface area contributed by atoms with Gasteiger partial charge in [0.05, 0.1) is 4.34 Å². The number of hydrogen-bond acceptors (Lipinski definition) is 4. The fourth-order valence-electron chi connectivity index (χ4n) is 2.38. The van der Waals surface area contributed by atoms with Crippen LogP contribution in [0.5, 0.6) is 0 Å². The van der Waals surface area contributed by atoms with Gasteiger partial charge in [0.2, 0.25) is 10.0 Å². The average molecular weight is 357 g/mol. The fourth-order valence-corrected chi connectivity index (χ4v) is 6.24. The highest BCUT2D eigenvalue weighted by atomic mass is 35.5. The first-order valence-electron chi connectivity index (χ1n) is 6.60. The molecule has 0 aliphatic carbocycles. The quantitative estimate of drug-likeness (QED) is 0.900. The first-order valence-corrected chi connectivity index (χ1v) is 9.61. The van der Waals surface area contributed by atoms with Crippen molar-refractivity contribution in [3.8, 4) is 0 Å². The van der Waals surface area contributed by atoms with Gasteiger partial charge in [0, 0.05) is 25.2 Å². The summed E-state index contributed by atoms with van der Waals surface area (Å²) in [4.78, 5) is 0.129. The van der Waals surface area contributed by atoms with Gasteiger partial charge in [0.15, 0.2) is 0 Å². The van der Waals surface area contributed by atoms with Crippen molar-refractivity contribution in [3.05, 3.63) is 14.7 Å². The molecular formula is C12H18Cl2N2O2S2. The van der Waals surface area contributed by atoms with E-state index >= 15 is 0 Å². The zero-order chi connectivity index (χ0) is 14.9. The maximum atomic E-state index is 12.8. The summed E-state index contributed by atoms with van der Waals surface area (Å²) >= 11 is 13.0. The number of halogens is 2. The van der Waals surface area contributed by atoms with Gasteiger partial charge in [-0.2, -0.15) is 4.31 Å². The van der Waals surface area contributed by atoms with Gasteiger partial charge in [-0.3, -0.25) is 0 Å². The van der Waals surface area contributed by atoms with Crippen LogP contribution in [0.3, 0.4) is 0 Å². The summed E-state index contributed by atoms with van der Waals surface area (Å²) in [6.07, 6.45) is 1.65. The van der Waals surface area contributed by atoms with E-state index in [9.17, 15) is 8.42 Å². The Kier molecular flexibility index (Phi) is 5.37. The summed E-state index contributed by atoms with van der Waals surface area (Å²) < 4.78 is 27.8. The SMILES string of the molecule is CCC1CN(S(=O)(=O)c2cc(Cl)sc2Cl)C(CC)CN1. The van der Waals surface area contributed by atoms with Gasteiger partial charge in [-0.05, 0) is 18.9 Å². The highest BCUT2D eigenvalue weighted by molar-refractivity contribution is 7.89. The van der Waals surface area contributed by atoms with Crippen molar-refractivity contribution in [2.75, 3.05) is 13.1 Å². The molecule has 2 unspecified atom stereocenters. The van der Waals surface area contributed by atoms with E-state index < -0.39 is 10.0 Å². The van der Waals surface area contributed by atoms with Crippen molar-refractivity contribution >= 4 is 44.6 Å². The summed E-state index contributed by atoms with van der Waals surface area (Å²) in [5.41, 5.74) is 0. The Morgan fingerprint density at radius 1 is 1.40 bits per heavy atom. The minimum absolute atomic E-state index is 0.0439. The second-order valence-corrected chi connectivity index (χ2v) is 8.98. The first kappa shape index (κ1) is 16.5. The van der Waals surface area contributed by atoms with Crippen LogP contribution in [0, 0.1) is 0 Å². The minimum Gasteiger partial charge on any atom is -0.311 e. The van der Waals surface area contributed by atoms with Crippen LogP contribution in [0.15, 0.2) is 11.0 Å². The molecule has 4 nitrogen and oxygen atoms in total.